The molecular formula is C33H30N6. The second-order valence-corrected chi connectivity index (χ2v) is 10.1. The summed E-state index contributed by atoms with van der Waals surface area (Å²) in [6.45, 7) is 6.40. The summed E-state index contributed by atoms with van der Waals surface area (Å²) < 4.78 is 2.01. The summed E-state index contributed by atoms with van der Waals surface area (Å²) in [5.41, 5.74) is 11.9. The van der Waals surface area contributed by atoms with E-state index in [1.807, 2.05) is 67.2 Å². The standard InChI is InChI=1S/C18H17N.C15H13N5/c1-12-9-17(10-13(2)18(12)16-7-8-16)15-5-3-14(11-19)4-6-15;1-10-14-13(7-8-20(14)2)19-15(17-10)18-12-5-3-11(9-16)4-6-12/h3-6,9-10,16H,7-8H2,1-2H3;3-8H,1-2H3,(H,17,18,19). The van der Waals surface area contributed by atoms with Crippen molar-refractivity contribution in [1.29, 1.82) is 10.5 Å². The van der Waals surface area contributed by atoms with Gasteiger partial charge in [0.15, 0.2) is 0 Å². The maximum absolute atomic E-state index is 8.84. The fraction of sp³-hybridized carbons (Fsp3) is 0.212. The Morgan fingerprint density at radius 2 is 1.38 bits per heavy atom. The van der Waals surface area contributed by atoms with Crippen LogP contribution >= 0.6 is 0 Å². The van der Waals surface area contributed by atoms with E-state index < -0.39 is 0 Å². The van der Waals surface area contributed by atoms with Crippen molar-refractivity contribution in [2.24, 2.45) is 7.05 Å². The van der Waals surface area contributed by atoms with E-state index in [2.05, 4.69) is 53.4 Å². The van der Waals surface area contributed by atoms with Gasteiger partial charge >= 0.3 is 0 Å². The minimum absolute atomic E-state index is 0.561. The number of nitrogens with one attached hydrogen (secondary N) is 1. The molecule has 1 fully saturated rings. The topological polar surface area (TPSA) is 90.3 Å². The molecule has 0 bridgehead atoms. The average molecular weight is 511 g/mol. The van der Waals surface area contributed by atoms with Crippen molar-refractivity contribution >= 4 is 22.7 Å². The smallest absolute Gasteiger partial charge is 0.228 e. The largest absolute Gasteiger partial charge is 0.348 e. The Morgan fingerprint density at radius 3 is 1.95 bits per heavy atom. The normalized spacial score (nSPS) is 12.3. The van der Waals surface area contributed by atoms with Crippen LogP contribution in [-0.2, 0) is 7.05 Å². The van der Waals surface area contributed by atoms with Crippen molar-refractivity contribution in [2.75, 3.05) is 5.32 Å². The Hall–Kier alpha value is -4.94. The third kappa shape index (κ3) is 5.66. The molecule has 192 valence electrons. The molecule has 2 heterocycles. The summed E-state index contributed by atoms with van der Waals surface area (Å²) in [4.78, 5) is 8.95. The van der Waals surface area contributed by atoms with Crippen LogP contribution in [-0.4, -0.2) is 14.5 Å². The van der Waals surface area contributed by atoms with Crippen LogP contribution in [0.5, 0.6) is 0 Å². The summed E-state index contributed by atoms with van der Waals surface area (Å²) in [5, 5.41) is 20.8. The van der Waals surface area contributed by atoms with Gasteiger partial charge in [0.25, 0.3) is 0 Å². The third-order valence-electron chi connectivity index (χ3n) is 7.09. The van der Waals surface area contributed by atoms with E-state index in [-0.39, 0.29) is 0 Å². The van der Waals surface area contributed by atoms with Gasteiger partial charge < -0.3 is 9.88 Å². The lowest BCUT2D eigenvalue weighted by Crippen LogP contribution is -2.00. The summed E-state index contributed by atoms with van der Waals surface area (Å²) in [5.74, 6) is 1.36. The van der Waals surface area contributed by atoms with Crippen LogP contribution in [0.3, 0.4) is 0 Å². The molecule has 5 aromatic rings. The molecule has 2 aromatic heterocycles. The number of nitrogens with zero attached hydrogens (tertiary/aromatic N) is 5. The first-order valence-electron chi connectivity index (χ1n) is 13.0. The predicted octanol–water partition coefficient (Wildman–Crippen LogP) is 7.61. The van der Waals surface area contributed by atoms with Crippen LogP contribution in [0.2, 0.25) is 0 Å². The minimum Gasteiger partial charge on any atom is -0.348 e. The highest BCUT2D eigenvalue weighted by Gasteiger charge is 2.26. The molecule has 6 rings (SSSR count). The molecule has 0 amide bonds. The van der Waals surface area contributed by atoms with E-state index in [9.17, 15) is 0 Å². The maximum atomic E-state index is 8.84. The lowest BCUT2D eigenvalue weighted by atomic mass is 9.93. The van der Waals surface area contributed by atoms with Crippen LogP contribution in [0.4, 0.5) is 11.6 Å². The van der Waals surface area contributed by atoms with Crippen LogP contribution in [0, 0.1) is 43.4 Å². The molecule has 3 aromatic carbocycles. The summed E-state index contributed by atoms with van der Waals surface area (Å²) in [6.07, 6.45) is 4.66. The highest BCUT2D eigenvalue weighted by molar-refractivity contribution is 5.79. The van der Waals surface area contributed by atoms with E-state index in [1.54, 1.807) is 17.7 Å². The first-order chi connectivity index (χ1) is 18.9. The number of aromatic nitrogens is 3. The fourth-order valence-electron chi connectivity index (χ4n) is 5.11. The van der Waals surface area contributed by atoms with Crippen molar-refractivity contribution in [3.8, 4) is 23.3 Å². The Bertz CT molecular complexity index is 1700. The quantitative estimate of drug-likeness (QED) is 0.269. The van der Waals surface area contributed by atoms with Gasteiger partial charge in [0.2, 0.25) is 5.95 Å². The number of benzene rings is 3. The van der Waals surface area contributed by atoms with Gasteiger partial charge in [0.05, 0.1) is 40.0 Å². The van der Waals surface area contributed by atoms with Crippen LogP contribution in [0.1, 0.15) is 52.3 Å². The minimum atomic E-state index is 0.561. The Kier molecular flexibility index (Phi) is 7.12. The maximum Gasteiger partial charge on any atom is 0.228 e. The fourth-order valence-corrected chi connectivity index (χ4v) is 5.11. The Labute approximate surface area is 229 Å². The zero-order valence-corrected chi connectivity index (χ0v) is 22.7. The zero-order chi connectivity index (χ0) is 27.5. The lowest BCUT2D eigenvalue weighted by molar-refractivity contribution is 0.953. The average Bonchev–Trinajstić information content (AvgIpc) is 3.70. The molecule has 6 heteroatoms. The van der Waals surface area contributed by atoms with Gasteiger partial charge in [-0.15, -0.1) is 0 Å². The molecule has 1 aliphatic carbocycles. The van der Waals surface area contributed by atoms with E-state index >= 15 is 0 Å². The SMILES string of the molecule is Cc1cc(-c2ccc(C#N)cc2)cc(C)c1C1CC1.Cc1nc(Nc2ccc(C#N)cc2)nc2ccn(C)c12. The molecule has 0 spiro atoms. The van der Waals surface area contributed by atoms with Crippen molar-refractivity contribution in [2.45, 2.75) is 39.5 Å². The molecule has 0 unspecified atom stereocenters. The monoisotopic (exact) mass is 510 g/mol. The molecule has 6 nitrogen and oxygen atoms in total. The number of nitriles is 2. The first-order valence-corrected chi connectivity index (χ1v) is 13.0. The van der Waals surface area contributed by atoms with Crippen LogP contribution in [0.25, 0.3) is 22.2 Å². The van der Waals surface area contributed by atoms with Crippen molar-refractivity contribution in [3.05, 3.63) is 106 Å². The van der Waals surface area contributed by atoms with Gasteiger partial charge in [-0.25, -0.2) is 9.97 Å². The Balaban J connectivity index is 0.000000158. The van der Waals surface area contributed by atoms with Gasteiger partial charge in [-0.2, -0.15) is 10.5 Å². The van der Waals surface area contributed by atoms with E-state index in [4.69, 9.17) is 10.5 Å². The first kappa shape index (κ1) is 25.7. The molecule has 0 atom stereocenters. The molecule has 0 saturated heterocycles. The van der Waals surface area contributed by atoms with Crippen molar-refractivity contribution < 1.29 is 0 Å². The number of fused-ring (bicyclic) bond motifs is 1. The molecule has 1 saturated carbocycles. The lowest BCUT2D eigenvalue weighted by Gasteiger charge is -2.12. The van der Waals surface area contributed by atoms with Gasteiger partial charge in [-0.05, 0) is 110 Å². The van der Waals surface area contributed by atoms with Gasteiger partial charge in [-0.1, -0.05) is 24.3 Å². The van der Waals surface area contributed by atoms with Gasteiger partial charge in [0, 0.05) is 18.9 Å². The number of anilines is 2. The molecule has 39 heavy (non-hydrogen) atoms. The third-order valence-corrected chi connectivity index (χ3v) is 7.09. The van der Waals surface area contributed by atoms with Crippen LogP contribution in [0.15, 0.2) is 72.9 Å². The summed E-state index contributed by atoms with van der Waals surface area (Å²) in [6, 6.07) is 25.8. The Morgan fingerprint density at radius 1 is 0.795 bits per heavy atom. The van der Waals surface area contributed by atoms with Gasteiger partial charge in [-0.3, -0.25) is 0 Å². The molecular weight excluding hydrogens is 480 g/mol. The second kappa shape index (κ2) is 10.8. The van der Waals surface area contributed by atoms with E-state index in [1.165, 1.54) is 35.1 Å². The second-order valence-electron chi connectivity index (χ2n) is 10.1. The predicted molar refractivity (Wildman–Crippen MR) is 156 cm³/mol. The number of rotatable bonds is 4. The highest BCUT2D eigenvalue weighted by atomic mass is 15.1. The van der Waals surface area contributed by atoms with Gasteiger partial charge in [0.1, 0.15) is 0 Å². The summed E-state index contributed by atoms with van der Waals surface area (Å²) in [7, 11) is 1.98. The van der Waals surface area contributed by atoms with Crippen molar-refractivity contribution in [1.82, 2.24) is 14.5 Å². The van der Waals surface area contributed by atoms with E-state index in [0.717, 1.165) is 28.3 Å². The highest BCUT2D eigenvalue weighted by Crippen LogP contribution is 2.44. The van der Waals surface area contributed by atoms with E-state index in [0.29, 0.717) is 17.1 Å². The molecule has 1 N–H and O–H groups in total. The van der Waals surface area contributed by atoms with Crippen LogP contribution < -0.4 is 5.32 Å². The molecule has 0 radical (unpaired) electrons. The zero-order valence-electron chi connectivity index (χ0n) is 22.7. The number of hydrogen-bond acceptors (Lipinski definition) is 5. The number of aryl methyl sites for hydroxylation is 4. The molecule has 1 aliphatic rings. The summed E-state index contributed by atoms with van der Waals surface area (Å²) >= 11 is 0. The molecule has 0 aliphatic heterocycles. The number of hydrogen-bond donors (Lipinski definition) is 1. The van der Waals surface area contributed by atoms with Crippen molar-refractivity contribution in [3.63, 3.8) is 0 Å².